The average Bonchev–Trinajstić information content (AvgIpc) is 2.37. The van der Waals surface area contributed by atoms with Gasteiger partial charge in [-0.05, 0) is 25.9 Å². The number of ether oxygens (including phenoxy) is 1. The van der Waals surface area contributed by atoms with Gasteiger partial charge in [-0.2, -0.15) is 0 Å². The minimum Gasteiger partial charge on any atom is -0.394 e. The van der Waals surface area contributed by atoms with E-state index >= 15 is 0 Å². The molecular formula is C8H17NO2. The molecule has 0 amide bonds. The van der Waals surface area contributed by atoms with Crippen LogP contribution in [0.4, 0.5) is 0 Å². The van der Waals surface area contributed by atoms with E-state index in [1.165, 1.54) is 13.0 Å². The van der Waals surface area contributed by atoms with Crippen LogP contribution in [0.25, 0.3) is 0 Å². The fourth-order valence-electron chi connectivity index (χ4n) is 1.48. The first-order valence-corrected chi connectivity index (χ1v) is 4.20. The number of likely N-dealkylation sites (tertiary alicyclic amines) is 1. The molecule has 1 saturated heterocycles. The number of nitrogens with zero attached hydrogens (tertiary/aromatic N) is 1. The van der Waals surface area contributed by atoms with Crippen LogP contribution in [0, 0.1) is 5.92 Å². The highest BCUT2D eigenvalue weighted by Gasteiger charge is 2.18. The van der Waals surface area contributed by atoms with Gasteiger partial charge in [0.1, 0.15) is 0 Å². The third kappa shape index (κ3) is 3.18. The zero-order chi connectivity index (χ0) is 8.10. The summed E-state index contributed by atoms with van der Waals surface area (Å²) in [4.78, 5) is 2.31. The largest absolute Gasteiger partial charge is 0.394 e. The summed E-state index contributed by atoms with van der Waals surface area (Å²) in [7, 11) is 2.13. The van der Waals surface area contributed by atoms with E-state index < -0.39 is 0 Å². The molecule has 0 aromatic rings. The monoisotopic (exact) mass is 159 g/mol. The lowest BCUT2D eigenvalue weighted by molar-refractivity contribution is 0.0699. The number of rotatable bonds is 4. The number of hydrogen-bond donors (Lipinski definition) is 1. The van der Waals surface area contributed by atoms with Crippen molar-refractivity contribution in [2.75, 3.05) is 40.0 Å². The molecule has 1 N–H and O–H groups in total. The van der Waals surface area contributed by atoms with Crippen LogP contribution < -0.4 is 0 Å². The van der Waals surface area contributed by atoms with Crippen LogP contribution in [0.2, 0.25) is 0 Å². The van der Waals surface area contributed by atoms with Gasteiger partial charge in [0.05, 0.1) is 19.8 Å². The summed E-state index contributed by atoms with van der Waals surface area (Å²) >= 11 is 0. The van der Waals surface area contributed by atoms with Crippen LogP contribution >= 0.6 is 0 Å². The minimum atomic E-state index is 0.141. The molecule has 66 valence electrons. The second kappa shape index (κ2) is 4.70. The fraction of sp³-hybridized carbons (Fsp3) is 1.00. The van der Waals surface area contributed by atoms with Gasteiger partial charge in [-0.15, -0.1) is 0 Å². The lowest BCUT2D eigenvalue weighted by Gasteiger charge is -2.09. The zero-order valence-corrected chi connectivity index (χ0v) is 7.12. The quantitative estimate of drug-likeness (QED) is 0.584. The van der Waals surface area contributed by atoms with Crippen molar-refractivity contribution in [1.29, 1.82) is 0 Å². The molecule has 1 fully saturated rings. The van der Waals surface area contributed by atoms with E-state index in [1.54, 1.807) is 0 Å². The van der Waals surface area contributed by atoms with Crippen molar-refractivity contribution in [3.63, 3.8) is 0 Å². The summed E-state index contributed by atoms with van der Waals surface area (Å²) in [6.45, 7) is 3.77. The highest BCUT2D eigenvalue weighted by atomic mass is 16.5. The van der Waals surface area contributed by atoms with E-state index in [9.17, 15) is 0 Å². The molecule has 0 radical (unpaired) electrons. The second-order valence-electron chi connectivity index (χ2n) is 3.22. The van der Waals surface area contributed by atoms with Gasteiger partial charge in [0.2, 0.25) is 0 Å². The number of hydrogen-bond acceptors (Lipinski definition) is 3. The molecule has 0 aromatic carbocycles. The maximum absolute atomic E-state index is 8.46. The highest BCUT2D eigenvalue weighted by Crippen LogP contribution is 2.13. The van der Waals surface area contributed by atoms with Crippen LogP contribution in [0.1, 0.15) is 6.42 Å². The predicted octanol–water partition coefficient (Wildman–Crippen LogP) is -0.0530. The first kappa shape index (κ1) is 8.97. The highest BCUT2D eigenvalue weighted by molar-refractivity contribution is 4.71. The van der Waals surface area contributed by atoms with Crippen molar-refractivity contribution in [1.82, 2.24) is 4.90 Å². The Bertz CT molecular complexity index is 108. The number of aliphatic hydroxyl groups is 1. The molecule has 1 atom stereocenters. The Morgan fingerprint density at radius 2 is 2.45 bits per heavy atom. The van der Waals surface area contributed by atoms with E-state index in [-0.39, 0.29) is 6.61 Å². The zero-order valence-electron chi connectivity index (χ0n) is 7.12. The predicted molar refractivity (Wildman–Crippen MR) is 43.5 cm³/mol. The molecular weight excluding hydrogens is 142 g/mol. The summed E-state index contributed by atoms with van der Waals surface area (Å²) in [5, 5.41) is 8.46. The Morgan fingerprint density at radius 1 is 1.64 bits per heavy atom. The lowest BCUT2D eigenvalue weighted by Crippen LogP contribution is -2.17. The van der Waals surface area contributed by atoms with Crippen molar-refractivity contribution < 1.29 is 9.84 Å². The van der Waals surface area contributed by atoms with E-state index in [0.29, 0.717) is 12.5 Å². The fourth-order valence-corrected chi connectivity index (χ4v) is 1.48. The van der Waals surface area contributed by atoms with Gasteiger partial charge in [0, 0.05) is 6.54 Å². The van der Waals surface area contributed by atoms with Crippen LogP contribution in [-0.4, -0.2) is 50.0 Å². The molecule has 0 spiro atoms. The second-order valence-corrected chi connectivity index (χ2v) is 3.22. The maximum Gasteiger partial charge on any atom is 0.0697 e. The Hall–Kier alpha value is -0.120. The summed E-state index contributed by atoms with van der Waals surface area (Å²) in [6, 6.07) is 0. The van der Waals surface area contributed by atoms with Crippen LogP contribution in [-0.2, 0) is 4.74 Å². The van der Waals surface area contributed by atoms with E-state index in [0.717, 1.165) is 13.2 Å². The van der Waals surface area contributed by atoms with Gasteiger partial charge in [-0.25, -0.2) is 0 Å². The normalized spacial score (nSPS) is 26.2. The average molecular weight is 159 g/mol. The molecule has 3 heteroatoms. The summed E-state index contributed by atoms with van der Waals surface area (Å²) < 4.78 is 5.24. The van der Waals surface area contributed by atoms with Crippen molar-refractivity contribution >= 4 is 0 Å². The van der Waals surface area contributed by atoms with Crippen molar-refractivity contribution in [2.45, 2.75) is 6.42 Å². The molecule has 1 aliphatic heterocycles. The SMILES string of the molecule is CN1CC[C@H](COCCO)C1. The van der Waals surface area contributed by atoms with Crippen molar-refractivity contribution in [3.8, 4) is 0 Å². The van der Waals surface area contributed by atoms with Crippen molar-refractivity contribution in [2.24, 2.45) is 5.92 Å². The summed E-state index contributed by atoms with van der Waals surface area (Å²) in [5.74, 6) is 0.687. The van der Waals surface area contributed by atoms with Gasteiger partial charge in [0.15, 0.2) is 0 Å². The van der Waals surface area contributed by atoms with E-state index in [1.807, 2.05) is 0 Å². The minimum absolute atomic E-state index is 0.141. The van der Waals surface area contributed by atoms with Gasteiger partial charge in [-0.1, -0.05) is 0 Å². The van der Waals surface area contributed by atoms with Crippen molar-refractivity contribution in [3.05, 3.63) is 0 Å². The molecule has 3 nitrogen and oxygen atoms in total. The lowest BCUT2D eigenvalue weighted by atomic mass is 10.1. The third-order valence-electron chi connectivity index (χ3n) is 2.08. The van der Waals surface area contributed by atoms with Crippen LogP contribution in [0.5, 0.6) is 0 Å². The summed E-state index contributed by atoms with van der Waals surface area (Å²) in [6.07, 6.45) is 1.24. The molecule has 0 bridgehead atoms. The summed E-state index contributed by atoms with van der Waals surface area (Å²) in [5.41, 5.74) is 0. The first-order chi connectivity index (χ1) is 5.33. The smallest absolute Gasteiger partial charge is 0.0697 e. The van der Waals surface area contributed by atoms with Crippen LogP contribution in [0.3, 0.4) is 0 Å². The standard InChI is InChI=1S/C8H17NO2/c1-9-3-2-8(6-9)7-11-5-4-10/h8,10H,2-7H2,1H3/t8-/m0/s1. The Labute approximate surface area is 68.0 Å². The third-order valence-corrected chi connectivity index (χ3v) is 2.08. The van der Waals surface area contributed by atoms with Gasteiger partial charge >= 0.3 is 0 Å². The van der Waals surface area contributed by atoms with E-state index in [2.05, 4.69) is 11.9 Å². The molecule has 1 heterocycles. The molecule has 0 aromatic heterocycles. The topological polar surface area (TPSA) is 32.7 Å². The van der Waals surface area contributed by atoms with Crippen LogP contribution in [0.15, 0.2) is 0 Å². The first-order valence-electron chi connectivity index (χ1n) is 4.20. The van der Waals surface area contributed by atoms with Gasteiger partial charge < -0.3 is 14.7 Å². The Balaban J connectivity index is 1.99. The molecule has 0 unspecified atom stereocenters. The van der Waals surface area contributed by atoms with E-state index in [4.69, 9.17) is 9.84 Å². The molecule has 0 aliphatic carbocycles. The molecule has 1 rings (SSSR count). The van der Waals surface area contributed by atoms with Gasteiger partial charge in [-0.3, -0.25) is 0 Å². The number of aliphatic hydroxyl groups excluding tert-OH is 1. The Kier molecular flexibility index (Phi) is 3.83. The molecule has 11 heavy (non-hydrogen) atoms. The Morgan fingerprint density at radius 3 is 3.00 bits per heavy atom. The van der Waals surface area contributed by atoms with Gasteiger partial charge in [0.25, 0.3) is 0 Å². The molecule has 1 aliphatic rings. The maximum atomic E-state index is 8.46. The molecule has 0 saturated carbocycles.